The number of aliphatic hydroxyl groups excluding tert-OH is 2. The zero-order valence-corrected chi connectivity index (χ0v) is 41.9. The Morgan fingerprint density at radius 1 is 0.435 bits per heavy atom. The fraction of sp³-hybridized carbons (Fsp3) is 0.929. The van der Waals surface area contributed by atoms with Gasteiger partial charge in [0.05, 0.1) is 25.4 Å². The molecule has 0 aliphatic heterocycles. The van der Waals surface area contributed by atoms with Crippen molar-refractivity contribution < 1.29 is 24.5 Å². The average Bonchev–Trinajstić information content (AvgIpc) is 3.27. The molecule has 6 heteroatoms. The summed E-state index contributed by atoms with van der Waals surface area (Å²) in [5.74, 6) is -0.104. The fourth-order valence-corrected chi connectivity index (χ4v) is 8.75. The van der Waals surface area contributed by atoms with Gasteiger partial charge in [-0.25, -0.2) is 0 Å². The minimum absolute atomic E-state index is 0.0172. The van der Waals surface area contributed by atoms with E-state index in [9.17, 15) is 19.8 Å². The molecule has 0 fully saturated rings. The number of nitrogens with one attached hydrogen (secondary N) is 1. The first kappa shape index (κ1) is 60.6. The monoisotopic (exact) mass is 876 g/mol. The third kappa shape index (κ3) is 48.1. The van der Waals surface area contributed by atoms with Crippen molar-refractivity contribution in [3.05, 3.63) is 12.2 Å². The van der Waals surface area contributed by atoms with Gasteiger partial charge in [0.2, 0.25) is 5.91 Å². The van der Waals surface area contributed by atoms with Crippen molar-refractivity contribution in [2.75, 3.05) is 13.2 Å². The van der Waals surface area contributed by atoms with Crippen LogP contribution in [0.15, 0.2) is 12.2 Å². The number of amides is 1. The van der Waals surface area contributed by atoms with Crippen LogP contribution in [0.4, 0.5) is 0 Å². The average molecular weight is 876 g/mol. The van der Waals surface area contributed by atoms with Gasteiger partial charge < -0.3 is 20.3 Å². The summed E-state index contributed by atoms with van der Waals surface area (Å²) >= 11 is 0. The van der Waals surface area contributed by atoms with Gasteiger partial charge in [-0.2, -0.15) is 0 Å². The quantitative estimate of drug-likeness (QED) is 0.0321. The van der Waals surface area contributed by atoms with Gasteiger partial charge in [0.1, 0.15) is 0 Å². The molecule has 6 nitrogen and oxygen atoms in total. The van der Waals surface area contributed by atoms with Crippen LogP contribution in [0.1, 0.15) is 309 Å². The maximum atomic E-state index is 12.5. The molecule has 0 bridgehead atoms. The van der Waals surface area contributed by atoms with E-state index >= 15 is 0 Å². The first-order valence-corrected chi connectivity index (χ1v) is 28.0. The van der Waals surface area contributed by atoms with Crippen molar-refractivity contribution in [3.8, 4) is 0 Å². The summed E-state index contributed by atoms with van der Waals surface area (Å²) in [7, 11) is 0. The number of hydrogen-bond donors (Lipinski definition) is 3. The van der Waals surface area contributed by atoms with E-state index in [0.717, 1.165) is 57.8 Å². The summed E-state index contributed by atoms with van der Waals surface area (Å²) in [5.41, 5.74) is 0. The van der Waals surface area contributed by atoms with Gasteiger partial charge in [0.15, 0.2) is 0 Å². The number of rotatable bonds is 52. The van der Waals surface area contributed by atoms with Crippen LogP contribution in [0.5, 0.6) is 0 Å². The molecule has 2 unspecified atom stereocenters. The molecule has 0 saturated heterocycles. The Morgan fingerprint density at radius 3 is 1.10 bits per heavy atom. The standard InChI is InChI=1S/C56H109NO5/c1-3-5-7-9-11-13-15-17-19-20-21-22-23-25-26-28-32-36-40-44-48-54(59)53(52-58)57-55(60)49-45-41-37-33-30-31-35-39-43-47-51-62-56(61)50-46-42-38-34-29-27-24-18-16-14-12-10-8-6-4-2/h44,48,53-54,58-59H,3-43,45-47,49-52H2,1-2H3,(H,57,60)/b48-44+. The minimum atomic E-state index is -0.858. The molecule has 0 radical (unpaired) electrons. The third-order valence-corrected chi connectivity index (χ3v) is 13.1. The Bertz CT molecular complexity index is 924. The van der Waals surface area contributed by atoms with Crippen molar-refractivity contribution in [1.82, 2.24) is 5.32 Å². The number of allylic oxidation sites excluding steroid dienone is 1. The summed E-state index contributed by atoms with van der Waals surface area (Å²) in [5, 5.41) is 23.1. The molecule has 1 amide bonds. The Labute approximate surface area is 387 Å². The van der Waals surface area contributed by atoms with Crippen LogP contribution in [0.2, 0.25) is 0 Å². The maximum absolute atomic E-state index is 12.5. The summed E-state index contributed by atoms with van der Waals surface area (Å²) in [4.78, 5) is 24.5. The van der Waals surface area contributed by atoms with Gasteiger partial charge >= 0.3 is 5.97 Å². The first-order valence-electron chi connectivity index (χ1n) is 28.0. The summed E-state index contributed by atoms with van der Waals surface area (Å²) in [6.07, 6.45) is 60.8. The molecular weight excluding hydrogens is 767 g/mol. The largest absolute Gasteiger partial charge is 0.466 e. The van der Waals surface area contributed by atoms with Crippen LogP contribution in [0.25, 0.3) is 0 Å². The number of unbranched alkanes of at least 4 members (excludes halogenated alkanes) is 41. The second-order valence-corrected chi connectivity index (χ2v) is 19.3. The lowest BCUT2D eigenvalue weighted by atomic mass is 10.0. The molecule has 0 aromatic rings. The molecule has 3 N–H and O–H groups in total. The van der Waals surface area contributed by atoms with Crippen molar-refractivity contribution in [2.45, 2.75) is 321 Å². The number of carbonyl (C=O) groups excluding carboxylic acids is 2. The van der Waals surface area contributed by atoms with Crippen LogP contribution in [0.3, 0.4) is 0 Å². The summed E-state index contributed by atoms with van der Waals surface area (Å²) < 4.78 is 5.46. The van der Waals surface area contributed by atoms with E-state index in [1.807, 2.05) is 6.08 Å². The van der Waals surface area contributed by atoms with E-state index < -0.39 is 12.1 Å². The molecule has 0 aromatic carbocycles. The van der Waals surface area contributed by atoms with Gasteiger partial charge in [0.25, 0.3) is 0 Å². The van der Waals surface area contributed by atoms with E-state index in [2.05, 4.69) is 19.2 Å². The van der Waals surface area contributed by atoms with Gasteiger partial charge in [-0.15, -0.1) is 0 Å². The van der Waals surface area contributed by atoms with E-state index in [1.165, 1.54) is 225 Å². The van der Waals surface area contributed by atoms with Crippen molar-refractivity contribution in [1.29, 1.82) is 0 Å². The Morgan fingerprint density at radius 2 is 0.742 bits per heavy atom. The van der Waals surface area contributed by atoms with E-state index in [-0.39, 0.29) is 18.5 Å². The highest BCUT2D eigenvalue weighted by atomic mass is 16.5. The van der Waals surface area contributed by atoms with E-state index in [0.29, 0.717) is 19.4 Å². The van der Waals surface area contributed by atoms with Gasteiger partial charge in [-0.3, -0.25) is 9.59 Å². The molecule has 2 atom stereocenters. The van der Waals surface area contributed by atoms with Gasteiger partial charge in [-0.05, 0) is 32.1 Å². The highest BCUT2D eigenvalue weighted by Crippen LogP contribution is 2.17. The lowest BCUT2D eigenvalue weighted by Gasteiger charge is -2.20. The van der Waals surface area contributed by atoms with Crippen LogP contribution in [-0.2, 0) is 14.3 Å². The predicted octanol–water partition coefficient (Wildman–Crippen LogP) is 16.9. The maximum Gasteiger partial charge on any atom is 0.305 e. The second-order valence-electron chi connectivity index (χ2n) is 19.3. The molecule has 0 aliphatic rings. The van der Waals surface area contributed by atoms with Crippen molar-refractivity contribution in [3.63, 3.8) is 0 Å². The van der Waals surface area contributed by atoms with Gasteiger partial charge in [-0.1, -0.05) is 276 Å². The Balaban J connectivity index is 3.49. The molecule has 62 heavy (non-hydrogen) atoms. The topological polar surface area (TPSA) is 95.9 Å². The number of ether oxygens (including phenoxy) is 1. The zero-order valence-electron chi connectivity index (χ0n) is 41.9. The summed E-state index contributed by atoms with van der Waals surface area (Å²) in [6, 6.07) is -0.644. The van der Waals surface area contributed by atoms with E-state index in [4.69, 9.17) is 4.74 Å². The Hall–Kier alpha value is -1.40. The second kappa shape index (κ2) is 52.2. The van der Waals surface area contributed by atoms with Crippen LogP contribution in [-0.4, -0.2) is 47.4 Å². The molecule has 0 saturated carbocycles. The van der Waals surface area contributed by atoms with Crippen molar-refractivity contribution in [2.24, 2.45) is 0 Å². The third-order valence-electron chi connectivity index (χ3n) is 13.1. The predicted molar refractivity (Wildman–Crippen MR) is 269 cm³/mol. The number of esters is 1. The normalized spacial score (nSPS) is 12.6. The summed E-state index contributed by atoms with van der Waals surface area (Å²) in [6.45, 7) is 4.87. The lowest BCUT2D eigenvalue weighted by molar-refractivity contribution is -0.143. The minimum Gasteiger partial charge on any atom is -0.466 e. The highest BCUT2D eigenvalue weighted by molar-refractivity contribution is 5.76. The SMILES string of the molecule is CCCCCCCCCCCCCCCCCCCC/C=C/C(O)C(CO)NC(=O)CCCCCCCCCCCCOC(=O)CCCCCCCCCCCCCCCCC. The molecular formula is C56H109NO5. The van der Waals surface area contributed by atoms with Crippen LogP contribution < -0.4 is 5.32 Å². The first-order chi connectivity index (χ1) is 30.5. The molecule has 0 spiro atoms. The van der Waals surface area contributed by atoms with Crippen molar-refractivity contribution >= 4 is 11.9 Å². The Kier molecular flexibility index (Phi) is 51.0. The molecule has 0 heterocycles. The van der Waals surface area contributed by atoms with Crippen LogP contribution in [0, 0.1) is 0 Å². The smallest absolute Gasteiger partial charge is 0.305 e. The zero-order chi connectivity index (χ0) is 45.1. The van der Waals surface area contributed by atoms with Crippen LogP contribution >= 0.6 is 0 Å². The number of carbonyl (C=O) groups is 2. The molecule has 368 valence electrons. The number of hydrogen-bond acceptors (Lipinski definition) is 5. The highest BCUT2D eigenvalue weighted by Gasteiger charge is 2.18. The molecule has 0 rings (SSSR count). The molecule has 0 aliphatic carbocycles. The molecule has 0 aromatic heterocycles. The lowest BCUT2D eigenvalue weighted by Crippen LogP contribution is -2.45. The number of aliphatic hydroxyl groups is 2. The van der Waals surface area contributed by atoms with Gasteiger partial charge in [0, 0.05) is 12.8 Å². The fourth-order valence-electron chi connectivity index (χ4n) is 8.75. The van der Waals surface area contributed by atoms with E-state index in [1.54, 1.807) is 6.08 Å².